The summed E-state index contributed by atoms with van der Waals surface area (Å²) in [4.78, 5) is 33.7. The number of nitro benzene ring substituents is 1. The van der Waals surface area contributed by atoms with Gasteiger partial charge < -0.3 is 9.88 Å². The zero-order valence-electron chi connectivity index (χ0n) is 12.8. The van der Waals surface area contributed by atoms with Crippen molar-refractivity contribution in [3.8, 4) is 0 Å². The van der Waals surface area contributed by atoms with E-state index in [1.807, 2.05) is 12.1 Å². The fourth-order valence-electron chi connectivity index (χ4n) is 2.57. The first-order valence-electron chi connectivity index (χ1n) is 7.26. The molecule has 0 radical (unpaired) electrons. The van der Waals surface area contributed by atoms with Crippen LogP contribution in [-0.4, -0.2) is 21.7 Å². The largest absolute Gasteiger partial charge is 0.337 e. The van der Waals surface area contributed by atoms with Gasteiger partial charge in [-0.15, -0.1) is 0 Å². The molecule has 0 aliphatic rings. The summed E-state index contributed by atoms with van der Waals surface area (Å²) in [7, 11) is 0. The molecule has 0 aliphatic carbocycles. The quantitative estimate of drug-likeness (QED) is 0.428. The van der Waals surface area contributed by atoms with E-state index in [0.29, 0.717) is 5.56 Å². The molecule has 1 amide bonds. The number of rotatable bonds is 5. The lowest BCUT2D eigenvalue weighted by Gasteiger charge is -2.09. The van der Waals surface area contributed by atoms with Crippen molar-refractivity contribution in [1.82, 2.24) is 4.57 Å². The molecule has 8 heteroatoms. The van der Waals surface area contributed by atoms with Crippen LogP contribution in [0.15, 0.2) is 48.7 Å². The molecule has 1 aromatic heterocycles. The molecule has 2 aromatic carbocycles. The third-order valence-electron chi connectivity index (χ3n) is 3.70. The predicted molar refractivity (Wildman–Crippen MR) is 94.1 cm³/mol. The molecule has 1 N–H and O–H groups in total. The molecule has 1 heterocycles. The fraction of sp³-hybridized carbons (Fsp3) is 0.0588. The number of nitrogens with zero attached hydrogens (tertiary/aromatic N) is 2. The Balaban J connectivity index is 1.85. The number of anilines is 1. The molecule has 126 valence electrons. The van der Waals surface area contributed by atoms with E-state index in [0.717, 1.165) is 17.2 Å². The molecular formula is C17H12ClN3O4. The molecule has 3 aromatic rings. The van der Waals surface area contributed by atoms with Crippen LogP contribution in [0.1, 0.15) is 10.4 Å². The van der Waals surface area contributed by atoms with Gasteiger partial charge in [-0.25, -0.2) is 0 Å². The zero-order valence-corrected chi connectivity index (χ0v) is 13.6. The number of nitro groups is 1. The number of carbonyl (C=O) groups is 2. The summed E-state index contributed by atoms with van der Waals surface area (Å²) in [5, 5.41) is 14.3. The Labute approximate surface area is 147 Å². The predicted octanol–water partition coefficient (Wildman–Crippen LogP) is 3.65. The molecule has 0 saturated carbocycles. The van der Waals surface area contributed by atoms with Gasteiger partial charge in [-0.1, -0.05) is 29.8 Å². The molecular weight excluding hydrogens is 346 g/mol. The Morgan fingerprint density at radius 2 is 2.04 bits per heavy atom. The van der Waals surface area contributed by atoms with Crippen molar-refractivity contribution in [2.75, 3.05) is 5.32 Å². The third-order valence-corrected chi connectivity index (χ3v) is 4.02. The van der Waals surface area contributed by atoms with Crippen molar-refractivity contribution in [3.63, 3.8) is 0 Å². The Kier molecular flexibility index (Phi) is 4.49. The number of carbonyl (C=O) groups excluding carboxylic acids is 2. The van der Waals surface area contributed by atoms with E-state index in [-0.39, 0.29) is 22.9 Å². The summed E-state index contributed by atoms with van der Waals surface area (Å²) in [5.74, 6) is -0.416. The van der Waals surface area contributed by atoms with Gasteiger partial charge in [0.25, 0.3) is 5.69 Å². The summed E-state index contributed by atoms with van der Waals surface area (Å²) in [6.07, 6.45) is 2.32. The van der Waals surface area contributed by atoms with Crippen molar-refractivity contribution in [3.05, 3.63) is 69.4 Å². The van der Waals surface area contributed by atoms with Crippen LogP contribution in [-0.2, 0) is 11.3 Å². The van der Waals surface area contributed by atoms with Gasteiger partial charge in [-0.2, -0.15) is 0 Å². The molecule has 0 bridgehead atoms. The number of aldehydes is 1. The zero-order chi connectivity index (χ0) is 18.0. The van der Waals surface area contributed by atoms with E-state index < -0.39 is 10.8 Å². The topological polar surface area (TPSA) is 94.2 Å². The second kappa shape index (κ2) is 6.74. The standard InChI is InChI=1S/C17H12ClN3O4/c18-14-6-5-12(21(24)25)7-15(14)19-17(23)9-20-8-11(10-22)13-3-1-2-4-16(13)20/h1-8,10H,9H2,(H,19,23). The van der Waals surface area contributed by atoms with Crippen LogP contribution in [0.25, 0.3) is 10.9 Å². The molecule has 0 aliphatic heterocycles. The molecule has 25 heavy (non-hydrogen) atoms. The van der Waals surface area contributed by atoms with Gasteiger partial charge in [0.1, 0.15) is 6.54 Å². The second-order valence-corrected chi connectivity index (χ2v) is 5.72. The summed E-state index contributed by atoms with van der Waals surface area (Å²) < 4.78 is 1.64. The highest BCUT2D eigenvalue weighted by atomic mass is 35.5. The van der Waals surface area contributed by atoms with E-state index in [1.54, 1.807) is 22.9 Å². The van der Waals surface area contributed by atoms with Gasteiger partial charge in [-0.3, -0.25) is 19.7 Å². The molecule has 7 nitrogen and oxygen atoms in total. The maximum atomic E-state index is 12.3. The SMILES string of the molecule is O=Cc1cn(CC(=O)Nc2cc([N+](=O)[O-])ccc2Cl)c2ccccc12. The Morgan fingerprint density at radius 3 is 2.76 bits per heavy atom. The second-order valence-electron chi connectivity index (χ2n) is 5.32. The minimum absolute atomic E-state index is 0.0621. The number of para-hydroxylation sites is 1. The van der Waals surface area contributed by atoms with Gasteiger partial charge >= 0.3 is 0 Å². The van der Waals surface area contributed by atoms with E-state index in [2.05, 4.69) is 5.32 Å². The van der Waals surface area contributed by atoms with Crippen LogP contribution < -0.4 is 5.32 Å². The lowest BCUT2D eigenvalue weighted by molar-refractivity contribution is -0.384. The third kappa shape index (κ3) is 3.36. The average Bonchev–Trinajstić information content (AvgIpc) is 2.94. The van der Waals surface area contributed by atoms with Gasteiger partial charge in [0.2, 0.25) is 5.91 Å². The minimum Gasteiger partial charge on any atom is -0.337 e. The van der Waals surface area contributed by atoms with E-state index in [1.165, 1.54) is 18.2 Å². The van der Waals surface area contributed by atoms with Gasteiger partial charge in [0, 0.05) is 34.8 Å². The van der Waals surface area contributed by atoms with Crippen LogP contribution in [0.2, 0.25) is 5.02 Å². The van der Waals surface area contributed by atoms with Crippen LogP contribution in [0.4, 0.5) is 11.4 Å². The Hall–Kier alpha value is -3.19. The van der Waals surface area contributed by atoms with E-state index >= 15 is 0 Å². The van der Waals surface area contributed by atoms with Crippen LogP contribution >= 0.6 is 11.6 Å². The monoisotopic (exact) mass is 357 g/mol. The number of fused-ring (bicyclic) bond motifs is 1. The van der Waals surface area contributed by atoms with Crippen LogP contribution in [0.3, 0.4) is 0 Å². The van der Waals surface area contributed by atoms with E-state index in [9.17, 15) is 19.7 Å². The van der Waals surface area contributed by atoms with Gasteiger partial charge in [0.15, 0.2) is 6.29 Å². The lowest BCUT2D eigenvalue weighted by Crippen LogP contribution is -2.18. The summed E-state index contributed by atoms with van der Waals surface area (Å²) in [5.41, 5.74) is 1.21. The Bertz CT molecular complexity index is 997. The number of benzene rings is 2. The van der Waals surface area contributed by atoms with Crippen molar-refractivity contribution in [1.29, 1.82) is 0 Å². The molecule has 0 saturated heterocycles. The maximum Gasteiger partial charge on any atom is 0.271 e. The number of non-ortho nitro benzene ring substituents is 1. The van der Waals surface area contributed by atoms with Gasteiger partial charge in [-0.05, 0) is 12.1 Å². The van der Waals surface area contributed by atoms with E-state index in [4.69, 9.17) is 11.6 Å². The normalized spacial score (nSPS) is 10.6. The lowest BCUT2D eigenvalue weighted by atomic mass is 10.2. The van der Waals surface area contributed by atoms with Crippen molar-refractivity contribution < 1.29 is 14.5 Å². The van der Waals surface area contributed by atoms with Crippen molar-refractivity contribution in [2.45, 2.75) is 6.54 Å². The highest BCUT2D eigenvalue weighted by molar-refractivity contribution is 6.33. The molecule has 0 fully saturated rings. The molecule has 0 atom stereocenters. The highest BCUT2D eigenvalue weighted by Gasteiger charge is 2.14. The number of aromatic nitrogens is 1. The first-order valence-corrected chi connectivity index (χ1v) is 7.64. The first-order chi connectivity index (χ1) is 12.0. The minimum atomic E-state index is -0.568. The molecule has 0 unspecified atom stereocenters. The summed E-state index contributed by atoms with van der Waals surface area (Å²) in [6.45, 7) is -0.0621. The van der Waals surface area contributed by atoms with Crippen molar-refractivity contribution in [2.24, 2.45) is 0 Å². The summed E-state index contributed by atoms with van der Waals surface area (Å²) >= 11 is 5.98. The number of amides is 1. The fourth-order valence-corrected chi connectivity index (χ4v) is 2.73. The smallest absolute Gasteiger partial charge is 0.271 e. The molecule has 0 spiro atoms. The molecule has 3 rings (SSSR count). The summed E-state index contributed by atoms with van der Waals surface area (Å²) in [6, 6.07) is 11.0. The van der Waals surface area contributed by atoms with Crippen LogP contribution in [0, 0.1) is 10.1 Å². The number of halogens is 1. The van der Waals surface area contributed by atoms with Crippen LogP contribution in [0.5, 0.6) is 0 Å². The first kappa shape index (κ1) is 16.7. The Morgan fingerprint density at radius 1 is 1.28 bits per heavy atom. The number of hydrogen-bond acceptors (Lipinski definition) is 4. The average molecular weight is 358 g/mol. The maximum absolute atomic E-state index is 12.3. The highest BCUT2D eigenvalue weighted by Crippen LogP contribution is 2.27. The number of hydrogen-bond donors (Lipinski definition) is 1. The number of nitrogens with one attached hydrogen (secondary N) is 1. The van der Waals surface area contributed by atoms with Gasteiger partial charge in [0.05, 0.1) is 15.6 Å². The van der Waals surface area contributed by atoms with Crippen molar-refractivity contribution >= 4 is 46.1 Å².